The Morgan fingerprint density at radius 1 is 0.189 bits per heavy atom. The molecule has 0 heterocycles. The van der Waals surface area contributed by atoms with Gasteiger partial charge in [-0.1, -0.05) is 247 Å². The molecule has 90 heavy (non-hydrogen) atoms. The van der Waals surface area contributed by atoms with Crippen molar-refractivity contribution in [1.82, 2.24) is 0 Å². The van der Waals surface area contributed by atoms with E-state index >= 15 is 0 Å². The zero-order valence-electron chi connectivity index (χ0n) is 54.3. The van der Waals surface area contributed by atoms with Crippen molar-refractivity contribution in [3.63, 3.8) is 0 Å². The molecule has 8 heteroatoms. The van der Waals surface area contributed by atoms with Gasteiger partial charge in [0.2, 0.25) is 0 Å². The van der Waals surface area contributed by atoms with Crippen LogP contribution < -0.4 is 40.3 Å². The van der Waals surface area contributed by atoms with Crippen LogP contribution >= 0.6 is 0 Å². The SMILES string of the molecule is C[Si](C)(C)c1cc2cc3c(N(c4ccccc4)c4ccccc4)c4cc5c(N(c6ccccc6)c6ccccc6)c([Si](C)(C)C)c([Si](C)(C)C)c(N(c6ccccc6)c6ccccc6)c5cc4c(N(c4ccccc4)c4ccccc4)c3cc2cc1[Si](C)(C)C. The summed E-state index contributed by atoms with van der Waals surface area (Å²) < 4.78 is 0. The van der Waals surface area contributed by atoms with Gasteiger partial charge in [-0.3, -0.25) is 0 Å². The Morgan fingerprint density at radius 2 is 0.367 bits per heavy atom. The van der Waals surface area contributed by atoms with Crippen LogP contribution in [0.25, 0.3) is 43.1 Å². The summed E-state index contributed by atoms with van der Waals surface area (Å²) in [6.45, 7) is 30.7. The van der Waals surface area contributed by atoms with Crippen LogP contribution in [0.4, 0.5) is 68.2 Å². The lowest BCUT2D eigenvalue weighted by atomic mass is 9.90. The molecule has 0 bridgehead atoms. The predicted octanol–water partition coefficient (Wildman–Crippen LogP) is 22.4. The molecule has 0 N–H and O–H groups in total. The number of nitrogens with zero attached hydrogens (tertiary/aromatic N) is 4. The summed E-state index contributed by atoms with van der Waals surface area (Å²) in [7, 11) is -8.62. The quantitative estimate of drug-likeness (QED) is 0.0543. The molecule has 0 atom stereocenters. The van der Waals surface area contributed by atoms with Gasteiger partial charge in [0.05, 0.1) is 55.0 Å². The van der Waals surface area contributed by atoms with Gasteiger partial charge >= 0.3 is 0 Å². The highest BCUT2D eigenvalue weighted by Crippen LogP contribution is 2.55. The summed E-state index contributed by atoms with van der Waals surface area (Å²) in [4.78, 5) is 10.4. The highest BCUT2D eigenvalue weighted by atomic mass is 28.3. The second-order valence-electron chi connectivity index (χ2n) is 28.3. The lowest BCUT2D eigenvalue weighted by molar-refractivity contribution is 1.28. The second kappa shape index (κ2) is 23.7. The van der Waals surface area contributed by atoms with E-state index < -0.39 is 32.3 Å². The maximum atomic E-state index is 2.66. The standard InChI is InChI=1S/C82H82N4Si4/c1-87(2,3)75-55-59-53-69-70(54-60(59)56-76(75)88(4,5)6)78(84(63-41-25-15-26-42-63)64-43-27-16-28-44-64)72-58-74-73(57-71(72)77(69)83(61-37-21-13-22-38-61)62-39-23-14-24-40-62)79(85(65-45-29-17-30-46-65)66-47-31-18-32-48-66)81(89(7,8)9)82(90(10,11)12)80(74)86(67-49-33-19-34-50-67)68-51-35-20-36-52-68/h13-58H,1-12H3. The first kappa shape index (κ1) is 59.9. The molecular weight excluding hydrogens is 1150 g/mol. The fourth-order valence-corrected chi connectivity index (χ4v) is 24.9. The van der Waals surface area contributed by atoms with Crippen molar-refractivity contribution in [2.45, 2.75) is 78.6 Å². The first-order valence-corrected chi connectivity index (χ1v) is 45.9. The average Bonchev–Trinajstić information content (AvgIpc) is 0.696. The lowest BCUT2D eigenvalue weighted by Gasteiger charge is -2.41. The highest BCUT2D eigenvalue weighted by Gasteiger charge is 2.40. The summed E-state index contributed by atoms with van der Waals surface area (Å²) >= 11 is 0. The van der Waals surface area contributed by atoms with Crippen LogP contribution in [0.2, 0.25) is 78.6 Å². The molecule has 0 amide bonds. The van der Waals surface area contributed by atoms with Crippen molar-refractivity contribution in [2.75, 3.05) is 19.6 Å². The van der Waals surface area contributed by atoms with Crippen LogP contribution in [0.15, 0.2) is 279 Å². The van der Waals surface area contributed by atoms with Crippen LogP contribution in [0, 0.1) is 0 Å². The third kappa shape index (κ3) is 11.2. The Kier molecular flexibility index (Phi) is 15.8. The number of hydrogen-bond acceptors (Lipinski definition) is 4. The number of fused-ring (bicyclic) bond motifs is 4. The Bertz CT molecular complexity index is 4260. The predicted molar refractivity (Wildman–Crippen MR) is 407 cm³/mol. The van der Waals surface area contributed by atoms with E-state index in [0.717, 1.165) is 67.6 Å². The van der Waals surface area contributed by atoms with E-state index in [-0.39, 0.29) is 0 Å². The van der Waals surface area contributed by atoms with E-state index in [1.165, 1.54) is 54.1 Å². The first-order valence-electron chi connectivity index (χ1n) is 31.9. The molecule has 0 radical (unpaired) electrons. The molecule has 0 saturated carbocycles. The summed E-state index contributed by atoms with van der Waals surface area (Å²) in [6.07, 6.45) is 0. The minimum absolute atomic E-state index is 1.09. The number of anilines is 12. The van der Waals surface area contributed by atoms with E-state index in [9.17, 15) is 0 Å². The zero-order valence-corrected chi connectivity index (χ0v) is 58.3. The molecule has 446 valence electrons. The van der Waals surface area contributed by atoms with Gasteiger partial charge in [-0.2, -0.15) is 0 Å². The maximum Gasteiger partial charge on any atom is 0.0803 e. The average molecular weight is 1240 g/mol. The Hall–Kier alpha value is -9.03. The molecule has 0 unspecified atom stereocenters. The molecule has 0 aliphatic heterocycles. The summed E-state index contributed by atoms with van der Waals surface area (Å²) in [5.74, 6) is 0. The first-order chi connectivity index (χ1) is 43.3. The summed E-state index contributed by atoms with van der Waals surface area (Å²) in [5, 5.41) is 15.7. The topological polar surface area (TPSA) is 13.0 Å². The van der Waals surface area contributed by atoms with Crippen molar-refractivity contribution in [1.29, 1.82) is 0 Å². The monoisotopic (exact) mass is 1230 g/mol. The lowest BCUT2D eigenvalue weighted by Crippen LogP contribution is -2.59. The molecule has 0 aliphatic carbocycles. The maximum absolute atomic E-state index is 2.66. The Labute approximate surface area is 538 Å². The van der Waals surface area contributed by atoms with E-state index in [1.54, 1.807) is 10.4 Å². The molecule has 4 nitrogen and oxygen atoms in total. The fraction of sp³-hybridized carbons (Fsp3) is 0.146. The minimum atomic E-state index is -2.44. The summed E-state index contributed by atoms with van der Waals surface area (Å²) in [5.41, 5.74) is 13.6. The van der Waals surface area contributed by atoms with Gasteiger partial charge in [0.1, 0.15) is 0 Å². The van der Waals surface area contributed by atoms with Gasteiger partial charge in [-0.25, -0.2) is 0 Å². The van der Waals surface area contributed by atoms with Crippen molar-refractivity contribution in [2.24, 2.45) is 0 Å². The van der Waals surface area contributed by atoms with Crippen molar-refractivity contribution in [3.05, 3.63) is 279 Å². The number of rotatable bonds is 16. The molecule has 13 aromatic carbocycles. The van der Waals surface area contributed by atoms with E-state index in [1.807, 2.05) is 0 Å². The Balaban J connectivity index is 1.39. The smallest absolute Gasteiger partial charge is 0.0803 e. The van der Waals surface area contributed by atoms with E-state index in [2.05, 4.69) is 377 Å². The number of hydrogen-bond donors (Lipinski definition) is 0. The van der Waals surface area contributed by atoms with Crippen LogP contribution in [0.1, 0.15) is 0 Å². The second-order valence-corrected chi connectivity index (χ2v) is 48.3. The normalized spacial score (nSPS) is 12.2. The number of para-hydroxylation sites is 8. The van der Waals surface area contributed by atoms with Crippen molar-refractivity contribution in [3.8, 4) is 0 Å². The molecule has 13 rings (SSSR count). The number of benzene rings is 13. The van der Waals surface area contributed by atoms with Gasteiger partial charge in [0, 0.05) is 77.8 Å². The third-order valence-electron chi connectivity index (χ3n) is 17.7. The van der Waals surface area contributed by atoms with Gasteiger partial charge in [-0.05, 0) is 142 Å². The molecular formula is C82H82N4Si4. The van der Waals surface area contributed by atoms with Gasteiger partial charge in [-0.15, -0.1) is 0 Å². The molecule has 0 spiro atoms. The molecule has 0 saturated heterocycles. The highest BCUT2D eigenvalue weighted by molar-refractivity contribution is 7.01. The van der Waals surface area contributed by atoms with Gasteiger partial charge < -0.3 is 19.6 Å². The zero-order chi connectivity index (χ0) is 62.7. The van der Waals surface area contributed by atoms with Crippen LogP contribution in [0.5, 0.6) is 0 Å². The van der Waals surface area contributed by atoms with E-state index in [0.29, 0.717) is 0 Å². The van der Waals surface area contributed by atoms with Crippen LogP contribution in [-0.2, 0) is 0 Å². The minimum Gasteiger partial charge on any atom is -0.310 e. The van der Waals surface area contributed by atoms with Crippen molar-refractivity contribution >= 4 is 164 Å². The van der Waals surface area contributed by atoms with Gasteiger partial charge in [0.15, 0.2) is 0 Å². The van der Waals surface area contributed by atoms with E-state index in [4.69, 9.17) is 0 Å². The molecule has 0 aromatic heterocycles. The molecule has 0 aliphatic rings. The fourth-order valence-electron chi connectivity index (χ4n) is 13.8. The largest absolute Gasteiger partial charge is 0.310 e. The van der Waals surface area contributed by atoms with Crippen LogP contribution in [-0.4, -0.2) is 32.3 Å². The molecule has 13 aromatic rings. The summed E-state index contributed by atoms with van der Waals surface area (Å²) in [6, 6.07) is 105. The van der Waals surface area contributed by atoms with Crippen LogP contribution in [0.3, 0.4) is 0 Å². The van der Waals surface area contributed by atoms with Crippen molar-refractivity contribution < 1.29 is 0 Å². The third-order valence-corrected chi connectivity index (χ3v) is 26.2. The van der Waals surface area contributed by atoms with Gasteiger partial charge in [0.25, 0.3) is 0 Å². The molecule has 0 fully saturated rings. The Morgan fingerprint density at radius 3 is 0.556 bits per heavy atom.